The maximum Gasteiger partial charge on any atom is 0.189 e. The molecule has 0 amide bonds. The highest BCUT2D eigenvalue weighted by molar-refractivity contribution is 5.79. The van der Waals surface area contributed by atoms with Crippen molar-refractivity contribution < 1.29 is 4.74 Å². The largest absolute Gasteiger partial charge is 0.380 e. The number of H-pyrrole nitrogens is 1. The van der Waals surface area contributed by atoms with Crippen LogP contribution in [0.2, 0.25) is 0 Å². The predicted octanol–water partition coefficient (Wildman–Crippen LogP) is 2.35. The van der Waals surface area contributed by atoms with E-state index in [1.807, 2.05) is 25.1 Å². The fourth-order valence-corrected chi connectivity index (χ4v) is 2.27. The minimum absolute atomic E-state index is 0.0676. The molecule has 0 bridgehead atoms. The van der Waals surface area contributed by atoms with Crippen LogP contribution in [0.25, 0.3) is 10.9 Å². The number of aryl methyl sites for hydroxylation is 1. The summed E-state index contributed by atoms with van der Waals surface area (Å²) < 4.78 is 5.31. The van der Waals surface area contributed by atoms with E-state index in [0.29, 0.717) is 6.54 Å². The number of aromatic amines is 1. The number of rotatable bonds is 6. The van der Waals surface area contributed by atoms with Crippen LogP contribution >= 0.6 is 0 Å². The van der Waals surface area contributed by atoms with Crippen molar-refractivity contribution in [3.8, 4) is 0 Å². The number of ether oxygens (including phenoxy) is 1. The van der Waals surface area contributed by atoms with Crippen molar-refractivity contribution in [3.05, 3.63) is 45.7 Å². The molecule has 0 radical (unpaired) electrons. The van der Waals surface area contributed by atoms with E-state index in [4.69, 9.17) is 4.74 Å². The van der Waals surface area contributed by atoms with Crippen molar-refractivity contribution in [1.29, 1.82) is 0 Å². The van der Waals surface area contributed by atoms with Crippen LogP contribution in [0.3, 0.4) is 0 Å². The lowest BCUT2D eigenvalue weighted by atomic mass is 10.1. The molecule has 108 valence electrons. The van der Waals surface area contributed by atoms with Gasteiger partial charge in [0.2, 0.25) is 0 Å². The topological polar surface area (TPSA) is 54.1 Å². The van der Waals surface area contributed by atoms with Crippen molar-refractivity contribution >= 4 is 10.9 Å². The standard InChI is InChI=1S/C16H22N2O2/c1-4-13(20-3)10-17-9-12-8-16(19)14-7-11(2)5-6-15(14)18-12/h5-8,13,17H,4,9-10H2,1-3H3,(H,18,19). The minimum atomic E-state index is 0.0676. The summed E-state index contributed by atoms with van der Waals surface area (Å²) in [5, 5.41) is 4.06. The molecule has 1 unspecified atom stereocenters. The molecule has 0 aliphatic heterocycles. The SMILES string of the molecule is CCC(CNCc1cc(=O)c2cc(C)ccc2[nH]1)OC. The van der Waals surface area contributed by atoms with Gasteiger partial charge in [-0.1, -0.05) is 18.6 Å². The molecule has 1 atom stereocenters. The Hall–Kier alpha value is -1.65. The lowest BCUT2D eigenvalue weighted by Crippen LogP contribution is -2.28. The lowest BCUT2D eigenvalue weighted by molar-refractivity contribution is 0.0983. The molecule has 0 saturated carbocycles. The van der Waals surface area contributed by atoms with Crippen molar-refractivity contribution in [3.63, 3.8) is 0 Å². The number of nitrogens with one attached hydrogen (secondary N) is 2. The van der Waals surface area contributed by atoms with Crippen LogP contribution in [-0.4, -0.2) is 24.7 Å². The van der Waals surface area contributed by atoms with Gasteiger partial charge in [-0.2, -0.15) is 0 Å². The van der Waals surface area contributed by atoms with Gasteiger partial charge in [-0.3, -0.25) is 4.79 Å². The first-order chi connectivity index (χ1) is 9.63. The first-order valence-corrected chi connectivity index (χ1v) is 7.00. The monoisotopic (exact) mass is 274 g/mol. The van der Waals surface area contributed by atoms with Crippen LogP contribution in [-0.2, 0) is 11.3 Å². The third-order valence-electron chi connectivity index (χ3n) is 3.52. The maximum atomic E-state index is 12.1. The zero-order valence-corrected chi connectivity index (χ0v) is 12.3. The Morgan fingerprint density at radius 2 is 2.15 bits per heavy atom. The van der Waals surface area contributed by atoms with Gasteiger partial charge in [-0.05, 0) is 25.5 Å². The average Bonchev–Trinajstić information content (AvgIpc) is 2.44. The fraction of sp³-hybridized carbons (Fsp3) is 0.438. The molecule has 1 aromatic carbocycles. The van der Waals surface area contributed by atoms with Gasteiger partial charge < -0.3 is 15.0 Å². The molecular formula is C16H22N2O2. The Kier molecular flexibility index (Phi) is 4.93. The molecule has 0 aliphatic carbocycles. The molecule has 4 heteroatoms. The third kappa shape index (κ3) is 3.46. The van der Waals surface area contributed by atoms with Crippen LogP contribution < -0.4 is 10.7 Å². The molecule has 1 heterocycles. The normalized spacial score (nSPS) is 12.8. The average molecular weight is 274 g/mol. The molecule has 2 aromatic rings. The van der Waals surface area contributed by atoms with Crippen molar-refractivity contribution in [2.45, 2.75) is 32.9 Å². The number of aromatic nitrogens is 1. The molecule has 0 aliphatic rings. The van der Waals surface area contributed by atoms with Gasteiger partial charge >= 0.3 is 0 Å². The highest BCUT2D eigenvalue weighted by atomic mass is 16.5. The van der Waals surface area contributed by atoms with E-state index in [2.05, 4.69) is 17.2 Å². The fourth-order valence-electron chi connectivity index (χ4n) is 2.27. The third-order valence-corrected chi connectivity index (χ3v) is 3.52. The molecule has 2 rings (SSSR count). The highest BCUT2D eigenvalue weighted by Gasteiger charge is 2.05. The van der Waals surface area contributed by atoms with Gasteiger partial charge in [0.1, 0.15) is 0 Å². The number of hydrogen-bond acceptors (Lipinski definition) is 3. The summed E-state index contributed by atoms with van der Waals surface area (Å²) in [4.78, 5) is 15.4. The van der Waals surface area contributed by atoms with Gasteiger partial charge in [-0.15, -0.1) is 0 Å². The summed E-state index contributed by atoms with van der Waals surface area (Å²) >= 11 is 0. The summed E-state index contributed by atoms with van der Waals surface area (Å²) in [5.41, 5.74) is 2.95. The van der Waals surface area contributed by atoms with Crippen molar-refractivity contribution in [1.82, 2.24) is 10.3 Å². The summed E-state index contributed by atoms with van der Waals surface area (Å²) in [5.74, 6) is 0. The van der Waals surface area contributed by atoms with E-state index in [-0.39, 0.29) is 11.5 Å². The smallest absolute Gasteiger partial charge is 0.189 e. The first-order valence-electron chi connectivity index (χ1n) is 7.00. The van der Waals surface area contributed by atoms with Crippen LogP contribution in [0, 0.1) is 6.92 Å². The van der Waals surface area contributed by atoms with Gasteiger partial charge in [0.05, 0.1) is 6.10 Å². The Morgan fingerprint density at radius 3 is 2.85 bits per heavy atom. The summed E-state index contributed by atoms with van der Waals surface area (Å²) in [6.45, 7) is 5.50. The van der Waals surface area contributed by atoms with Gasteiger partial charge in [0.15, 0.2) is 5.43 Å². The second kappa shape index (κ2) is 6.68. The highest BCUT2D eigenvalue weighted by Crippen LogP contribution is 2.10. The van der Waals surface area contributed by atoms with Gasteiger partial charge in [0.25, 0.3) is 0 Å². The van der Waals surface area contributed by atoms with Crippen LogP contribution in [0.4, 0.5) is 0 Å². The number of fused-ring (bicyclic) bond motifs is 1. The summed E-state index contributed by atoms with van der Waals surface area (Å²) in [7, 11) is 1.72. The van der Waals surface area contributed by atoms with E-state index in [1.54, 1.807) is 13.2 Å². The molecule has 1 aromatic heterocycles. The Labute approximate surface area is 119 Å². The number of hydrogen-bond donors (Lipinski definition) is 2. The predicted molar refractivity (Wildman–Crippen MR) is 82.1 cm³/mol. The molecule has 0 fully saturated rings. The molecule has 0 spiro atoms. The zero-order chi connectivity index (χ0) is 14.5. The van der Waals surface area contributed by atoms with Crippen LogP contribution in [0.5, 0.6) is 0 Å². The Morgan fingerprint density at radius 1 is 1.35 bits per heavy atom. The Bertz CT molecular complexity index is 630. The summed E-state index contributed by atoms with van der Waals surface area (Å²) in [6.07, 6.45) is 1.18. The zero-order valence-electron chi connectivity index (χ0n) is 12.3. The van der Waals surface area contributed by atoms with Gasteiger partial charge in [0, 0.05) is 42.9 Å². The quantitative estimate of drug-likeness (QED) is 0.850. The summed E-state index contributed by atoms with van der Waals surface area (Å²) in [6, 6.07) is 7.55. The second-order valence-electron chi connectivity index (χ2n) is 5.10. The molecule has 2 N–H and O–H groups in total. The second-order valence-corrected chi connectivity index (χ2v) is 5.10. The van der Waals surface area contributed by atoms with E-state index in [9.17, 15) is 4.79 Å². The first kappa shape index (κ1) is 14.8. The number of pyridine rings is 1. The minimum Gasteiger partial charge on any atom is -0.380 e. The van der Waals surface area contributed by atoms with Crippen molar-refractivity contribution in [2.75, 3.05) is 13.7 Å². The number of benzene rings is 1. The van der Waals surface area contributed by atoms with Crippen LogP contribution in [0.15, 0.2) is 29.1 Å². The van der Waals surface area contributed by atoms with E-state index >= 15 is 0 Å². The molecule has 4 nitrogen and oxygen atoms in total. The Balaban J connectivity index is 2.12. The van der Waals surface area contributed by atoms with Gasteiger partial charge in [-0.25, -0.2) is 0 Å². The molecular weight excluding hydrogens is 252 g/mol. The van der Waals surface area contributed by atoms with E-state index in [0.717, 1.165) is 35.1 Å². The molecule has 20 heavy (non-hydrogen) atoms. The molecule has 0 saturated heterocycles. The van der Waals surface area contributed by atoms with E-state index < -0.39 is 0 Å². The van der Waals surface area contributed by atoms with E-state index in [1.165, 1.54) is 0 Å². The maximum absolute atomic E-state index is 12.1. The number of methoxy groups -OCH3 is 1. The van der Waals surface area contributed by atoms with Crippen molar-refractivity contribution in [2.24, 2.45) is 0 Å². The van der Waals surface area contributed by atoms with Crippen LogP contribution in [0.1, 0.15) is 24.6 Å². The lowest BCUT2D eigenvalue weighted by Gasteiger charge is -2.14.